The van der Waals surface area contributed by atoms with Crippen LogP contribution in [0.15, 0.2) is 76.3 Å². The number of carbonyl (C=O) groups excluding carboxylic acids is 1. The van der Waals surface area contributed by atoms with Crippen LogP contribution in [0.1, 0.15) is 59.4 Å². The van der Waals surface area contributed by atoms with E-state index >= 15 is 0 Å². The van der Waals surface area contributed by atoms with Gasteiger partial charge in [0.25, 0.3) is 11.5 Å². The zero-order valence-electron chi connectivity index (χ0n) is 21.8. The van der Waals surface area contributed by atoms with Crippen LogP contribution in [0.3, 0.4) is 0 Å². The van der Waals surface area contributed by atoms with Gasteiger partial charge in [0.2, 0.25) is 0 Å². The SMILES string of the molecule is C[C@H](c1ccc(Br)cc1F)n1cc(C2(O)CCCN(C(=O)c3ccc(=O)n(Cc4ccccc4Cl)c3)CC2)nn1. The van der Waals surface area contributed by atoms with Crippen LogP contribution in [0.4, 0.5) is 4.39 Å². The number of nitrogens with zero attached hydrogens (tertiary/aromatic N) is 5. The van der Waals surface area contributed by atoms with Crippen molar-refractivity contribution in [3.8, 4) is 0 Å². The molecule has 2 aromatic heterocycles. The minimum Gasteiger partial charge on any atom is -0.383 e. The number of likely N-dealkylation sites (tertiary alicyclic amines) is 1. The molecule has 0 spiro atoms. The fourth-order valence-corrected chi connectivity index (χ4v) is 5.54. The van der Waals surface area contributed by atoms with Crippen LogP contribution in [0.5, 0.6) is 0 Å². The Morgan fingerprint density at radius 2 is 1.95 bits per heavy atom. The van der Waals surface area contributed by atoms with Crippen LogP contribution in [-0.4, -0.2) is 48.6 Å². The van der Waals surface area contributed by atoms with Gasteiger partial charge in [-0.1, -0.05) is 57.0 Å². The van der Waals surface area contributed by atoms with E-state index < -0.39 is 11.6 Å². The first kappa shape index (κ1) is 28.2. The molecule has 5 rings (SSSR count). The largest absolute Gasteiger partial charge is 0.383 e. The third kappa shape index (κ3) is 5.89. The maximum absolute atomic E-state index is 14.5. The monoisotopic (exact) mass is 627 g/mol. The van der Waals surface area contributed by atoms with E-state index in [1.54, 1.807) is 35.5 Å². The highest BCUT2D eigenvalue weighted by atomic mass is 79.9. The van der Waals surface area contributed by atoms with E-state index in [-0.39, 0.29) is 30.2 Å². The Labute approximate surface area is 244 Å². The fraction of sp³-hybridized carbons (Fsp3) is 0.310. The Bertz CT molecular complexity index is 1610. The van der Waals surface area contributed by atoms with E-state index in [1.807, 2.05) is 25.1 Å². The Morgan fingerprint density at radius 1 is 1.15 bits per heavy atom. The Morgan fingerprint density at radius 3 is 2.73 bits per heavy atom. The minimum atomic E-state index is -1.28. The number of aliphatic hydroxyl groups is 1. The number of carbonyl (C=O) groups is 1. The van der Waals surface area contributed by atoms with Crippen molar-refractivity contribution in [3.63, 3.8) is 0 Å². The first-order valence-electron chi connectivity index (χ1n) is 13.0. The molecule has 208 valence electrons. The van der Waals surface area contributed by atoms with Gasteiger partial charge in [-0.3, -0.25) is 9.59 Å². The van der Waals surface area contributed by atoms with Crippen molar-refractivity contribution in [3.05, 3.63) is 115 Å². The van der Waals surface area contributed by atoms with Gasteiger partial charge < -0.3 is 14.6 Å². The second-order valence-corrected chi connectivity index (χ2v) is 11.4. The molecule has 1 amide bonds. The Balaban J connectivity index is 1.30. The molecule has 40 heavy (non-hydrogen) atoms. The van der Waals surface area contributed by atoms with Crippen molar-refractivity contribution < 1.29 is 14.3 Å². The summed E-state index contributed by atoms with van der Waals surface area (Å²) in [5.74, 6) is -0.584. The maximum Gasteiger partial charge on any atom is 0.255 e. The van der Waals surface area contributed by atoms with E-state index in [2.05, 4.69) is 26.2 Å². The topological polar surface area (TPSA) is 93.2 Å². The Hall–Kier alpha value is -3.34. The number of pyridine rings is 1. The zero-order valence-corrected chi connectivity index (χ0v) is 24.1. The molecule has 0 saturated carbocycles. The van der Waals surface area contributed by atoms with Crippen LogP contribution in [-0.2, 0) is 12.1 Å². The van der Waals surface area contributed by atoms with Crippen LogP contribution in [0.25, 0.3) is 0 Å². The van der Waals surface area contributed by atoms with Gasteiger partial charge in [-0.2, -0.15) is 0 Å². The molecule has 8 nitrogen and oxygen atoms in total. The summed E-state index contributed by atoms with van der Waals surface area (Å²) in [7, 11) is 0. The number of hydrogen-bond donors (Lipinski definition) is 1. The van der Waals surface area contributed by atoms with Crippen molar-refractivity contribution in [1.29, 1.82) is 0 Å². The highest BCUT2D eigenvalue weighted by molar-refractivity contribution is 9.10. The molecule has 1 saturated heterocycles. The predicted molar refractivity (Wildman–Crippen MR) is 153 cm³/mol. The van der Waals surface area contributed by atoms with E-state index in [0.29, 0.717) is 52.2 Å². The third-order valence-electron chi connectivity index (χ3n) is 7.43. The zero-order chi connectivity index (χ0) is 28.4. The number of aromatic nitrogens is 4. The summed E-state index contributed by atoms with van der Waals surface area (Å²) in [5, 5.41) is 20.5. The van der Waals surface area contributed by atoms with Gasteiger partial charge in [-0.25, -0.2) is 9.07 Å². The van der Waals surface area contributed by atoms with Crippen molar-refractivity contribution in [2.45, 2.75) is 44.4 Å². The van der Waals surface area contributed by atoms with Crippen molar-refractivity contribution >= 4 is 33.4 Å². The van der Waals surface area contributed by atoms with Crippen LogP contribution >= 0.6 is 27.5 Å². The third-order valence-corrected chi connectivity index (χ3v) is 8.29. The Kier molecular flexibility index (Phi) is 8.21. The van der Waals surface area contributed by atoms with Gasteiger partial charge in [-0.05, 0) is 56.0 Å². The lowest BCUT2D eigenvalue weighted by Crippen LogP contribution is -2.34. The predicted octanol–water partition coefficient (Wildman–Crippen LogP) is 5.17. The van der Waals surface area contributed by atoms with E-state index in [4.69, 9.17) is 11.6 Å². The summed E-state index contributed by atoms with van der Waals surface area (Å²) >= 11 is 9.53. The summed E-state index contributed by atoms with van der Waals surface area (Å²) in [6, 6.07) is 14.6. The summed E-state index contributed by atoms with van der Waals surface area (Å²) in [5.41, 5.74) is 0.490. The van der Waals surface area contributed by atoms with Crippen molar-refractivity contribution in [1.82, 2.24) is 24.5 Å². The molecule has 3 heterocycles. The molecule has 11 heteroatoms. The highest BCUT2D eigenvalue weighted by Crippen LogP contribution is 2.33. The smallest absolute Gasteiger partial charge is 0.255 e. The molecule has 0 aliphatic carbocycles. The number of rotatable bonds is 6. The second-order valence-electron chi connectivity index (χ2n) is 10.1. The molecular weight excluding hydrogens is 601 g/mol. The molecule has 1 N–H and O–H groups in total. The molecule has 1 fully saturated rings. The van der Waals surface area contributed by atoms with Gasteiger partial charge >= 0.3 is 0 Å². The molecule has 0 radical (unpaired) electrons. The second kappa shape index (κ2) is 11.6. The first-order valence-corrected chi connectivity index (χ1v) is 14.1. The summed E-state index contributed by atoms with van der Waals surface area (Å²) in [6.07, 6.45) is 4.40. The van der Waals surface area contributed by atoms with Gasteiger partial charge in [0.05, 0.1) is 24.3 Å². The summed E-state index contributed by atoms with van der Waals surface area (Å²) < 4.78 is 18.2. The number of benzene rings is 2. The molecule has 2 aromatic carbocycles. The summed E-state index contributed by atoms with van der Waals surface area (Å²) in [4.78, 5) is 27.6. The van der Waals surface area contributed by atoms with Crippen LogP contribution in [0.2, 0.25) is 5.02 Å². The number of halogens is 3. The van der Waals surface area contributed by atoms with Crippen LogP contribution in [0, 0.1) is 5.82 Å². The number of amides is 1. The van der Waals surface area contributed by atoms with Crippen molar-refractivity contribution in [2.75, 3.05) is 13.1 Å². The molecule has 1 aliphatic rings. The van der Waals surface area contributed by atoms with E-state index in [1.165, 1.54) is 27.4 Å². The molecular formula is C29H28BrClFN5O3. The molecule has 1 unspecified atom stereocenters. The molecule has 4 aromatic rings. The fourth-order valence-electron chi connectivity index (χ4n) is 5.01. The molecule has 0 bridgehead atoms. The van der Waals surface area contributed by atoms with Gasteiger partial charge in [0, 0.05) is 40.4 Å². The van der Waals surface area contributed by atoms with Crippen molar-refractivity contribution in [2.24, 2.45) is 0 Å². The van der Waals surface area contributed by atoms with Gasteiger partial charge in [0.15, 0.2) is 0 Å². The average Bonchev–Trinajstić information content (AvgIpc) is 3.35. The number of hydrogen-bond acceptors (Lipinski definition) is 5. The normalized spacial score (nSPS) is 18.4. The highest BCUT2D eigenvalue weighted by Gasteiger charge is 2.36. The van der Waals surface area contributed by atoms with E-state index in [9.17, 15) is 19.1 Å². The lowest BCUT2D eigenvalue weighted by molar-refractivity contribution is 0.0169. The van der Waals surface area contributed by atoms with Gasteiger partial charge in [-0.15, -0.1) is 5.10 Å². The molecule has 2 atom stereocenters. The molecule has 1 aliphatic heterocycles. The standard InChI is InChI=1S/C29H28BrClFN5O3/c1-19(23-9-8-22(30)15-25(23)32)37-18-26(33-34-37)29(40)11-4-13-35(14-12-29)28(39)21-7-10-27(38)36(17-21)16-20-5-2-3-6-24(20)31/h2-3,5-10,15,17-19,40H,4,11-14,16H2,1H3/t19-,29?/m1/s1. The lowest BCUT2D eigenvalue weighted by atomic mass is 9.92. The lowest BCUT2D eigenvalue weighted by Gasteiger charge is -2.25. The quantitative estimate of drug-likeness (QED) is 0.318. The first-order chi connectivity index (χ1) is 19.1. The van der Waals surface area contributed by atoms with Crippen LogP contribution < -0.4 is 5.56 Å². The maximum atomic E-state index is 14.5. The minimum absolute atomic E-state index is 0.222. The van der Waals surface area contributed by atoms with Gasteiger partial charge in [0.1, 0.15) is 17.1 Å². The summed E-state index contributed by atoms with van der Waals surface area (Å²) in [6.45, 7) is 2.80. The van der Waals surface area contributed by atoms with E-state index in [0.717, 1.165) is 5.56 Å². The average molecular weight is 629 g/mol.